The molecule has 160 valence electrons. The van der Waals surface area contributed by atoms with Crippen LogP contribution in [-0.2, 0) is 0 Å². The summed E-state index contributed by atoms with van der Waals surface area (Å²) < 4.78 is 2.04. The van der Waals surface area contributed by atoms with Crippen molar-refractivity contribution in [3.63, 3.8) is 0 Å². The number of nitrogens with zero attached hydrogens (tertiary/aromatic N) is 5. The van der Waals surface area contributed by atoms with Crippen molar-refractivity contribution in [2.75, 3.05) is 33.2 Å². The van der Waals surface area contributed by atoms with Gasteiger partial charge in [-0.25, -0.2) is 4.98 Å². The SMILES string of the molecule is CN1CCN(C(=O)c2ccc(-c3cnc4cnc(/C=C/c5ccccc5)cn34)cc2)CC1. The van der Waals surface area contributed by atoms with Crippen molar-refractivity contribution >= 4 is 23.7 Å². The molecule has 0 aliphatic carbocycles. The summed E-state index contributed by atoms with van der Waals surface area (Å²) in [6, 6.07) is 18.0. The molecule has 0 saturated carbocycles. The Bertz CT molecular complexity index is 1250. The van der Waals surface area contributed by atoms with Crippen LogP contribution in [0.25, 0.3) is 29.1 Å². The summed E-state index contributed by atoms with van der Waals surface area (Å²) in [5.74, 6) is 0.0975. The molecule has 0 bridgehead atoms. The van der Waals surface area contributed by atoms with Crippen LogP contribution in [0.15, 0.2) is 73.2 Å². The number of hydrogen-bond donors (Lipinski definition) is 0. The molecule has 0 unspecified atom stereocenters. The smallest absolute Gasteiger partial charge is 0.253 e. The number of benzene rings is 2. The molecule has 32 heavy (non-hydrogen) atoms. The van der Waals surface area contributed by atoms with Crippen molar-refractivity contribution in [2.45, 2.75) is 0 Å². The molecule has 0 N–H and O–H groups in total. The van der Waals surface area contributed by atoms with Crippen LogP contribution in [0, 0.1) is 0 Å². The zero-order chi connectivity index (χ0) is 21.9. The first-order valence-electron chi connectivity index (χ1n) is 10.8. The summed E-state index contributed by atoms with van der Waals surface area (Å²) >= 11 is 0. The number of piperazine rings is 1. The van der Waals surface area contributed by atoms with E-state index in [1.54, 1.807) is 6.20 Å². The fraction of sp³-hybridized carbons (Fsp3) is 0.192. The van der Waals surface area contributed by atoms with Gasteiger partial charge in [0.05, 0.1) is 23.8 Å². The second kappa shape index (κ2) is 8.77. The molecular weight excluding hydrogens is 398 g/mol. The molecule has 2 aromatic heterocycles. The van der Waals surface area contributed by atoms with Crippen molar-refractivity contribution in [3.8, 4) is 11.3 Å². The van der Waals surface area contributed by atoms with Gasteiger partial charge in [-0.05, 0) is 30.8 Å². The summed E-state index contributed by atoms with van der Waals surface area (Å²) in [4.78, 5) is 26.0. The highest BCUT2D eigenvalue weighted by atomic mass is 16.2. The number of carbonyl (C=O) groups is 1. The Balaban J connectivity index is 1.38. The second-order valence-corrected chi connectivity index (χ2v) is 8.10. The molecule has 6 nitrogen and oxygen atoms in total. The highest BCUT2D eigenvalue weighted by molar-refractivity contribution is 5.94. The van der Waals surface area contributed by atoms with E-state index in [2.05, 4.69) is 34.0 Å². The maximum absolute atomic E-state index is 12.8. The molecular formula is C26H25N5O. The number of amides is 1. The van der Waals surface area contributed by atoms with Gasteiger partial charge >= 0.3 is 0 Å². The van der Waals surface area contributed by atoms with Crippen molar-refractivity contribution in [3.05, 3.63) is 90.0 Å². The van der Waals surface area contributed by atoms with E-state index in [1.165, 1.54) is 0 Å². The highest BCUT2D eigenvalue weighted by Crippen LogP contribution is 2.22. The molecule has 3 heterocycles. The lowest BCUT2D eigenvalue weighted by atomic mass is 10.1. The van der Waals surface area contributed by atoms with Gasteiger partial charge in [-0.15, -0.1) is 0 Å². The van der Waals surface area contributed by atoms with Gasteiger partial charge in [0.2, 0.25) is 0 Å². The fourth-order valence-electron chi connectivity index (χ4n) is 3.93. The van der Waals surface area contributed by atoms with E-state index in [-0.39, 0.29) is 5.91 Å². The minimum absolute atomic E-state index is 0.0975. The summed E-state index contributed by atoms with van der Waals surface area (Å²) in [5.41, 5.74) is 5.46. The third-order valence-electron chi connectivity index (χ3n) is 5.88. The van der Waals surface area contributed by atoms with Gasteiger partial charge in [-0.1, -0.05) is 48.5 Å². The normalized spacial score (nSPS) is 15.0. The maximum Gasteiger partial charge on any atom is 0.253 e. The standard InChI is InChI=1S/C26H25N5O/c1-29-13-15-30(16-14-29)26(32)22-10-8-21(9-11-22)24-17-28-25-18-27-23(19-31(24)25)12-7-20-5-3-2-4-6-20/h2-12,17-19H,13-16H2,1H3/b12-7+. The Labute approximate surface area is 187 Å². The van der Waals surface area contributed by atoms with E-state index in [4.69, 9.17) is 0 Å². The molecule has 1 aliphatic rings. The number of imidazole rings is 1. The zero-order valence-corrected chi connectivity index (χ0v) is 18.1. The Kier molecular flexibility index (Phi) is 5.52. The van der Waals surface area contributed by atoms with Crippen LogP contribution in [0.5, 0.6) is 0 Å². The van der Waals surface area contributed by atoms with Crippen LogP contribution >= 0.6 is 0 Å². The molecule has 1 amide bonds. The Hall–Kier alpha value is -3.77. The van der Waals surface area contributed by atoms with Gasteiger partial charge in [-0.2, -0.15) is 0 Å². The summed E-state index contributed by atoms with van der Waals surface area (Å²) in [6.45, 7) is 3.38. The van der Waals surface area contributed by atoms with Crippen LogP contribution < -0.4 is 0 Å². The van der Waals surface area contributed by atoms with E-state index in [0.717, 1.165) is 59.9 Å². The molecule has 1 saturated heterocycles. The molecule has 5 rings (SSSR count). The zero-order valence-electron chi connectivity index (χ0n) is 18.1. The van der Waals surface area contributed by atoms with Crippen molar-refractivity contribution in [1.29, 1.82) is 0 Å². The van der Waals surface area contributed by atoms with Gasteiger partial charge < -0.3 is 9.80 Å². The average Bonchev–Trinajstić information content (AvgIpc) is 3.27. The number of carbonyl (C=O) groups excluding carboxylic acids is 1. The first-order chi connectivity index (χ1) is 15.7. The molecule has 0 atom stereocenters. The van der Waals surface area contributed by atoms with Crippen molar-refractivity contribution in [1.82, 2.24) is 24.2 Å². The predicted molar refractivity (Wildman–Crippen MR) is 127 cm³/mol. The highest BCUT2D eigenvalue weighted by Gasteiger charge is 2.20. The van der Waals surface area contributed by atoms with E-state index >= 15 is 0 Å². The third-order valence-corrected chi connectivity index (χ3v) is 5.88. The number of fused-ring (bicyclic) bond motifs is 1. The number of aromatic nitrogens is 3. The molecule has 4 aromatic rings. The molecule has 1 aliphatic heterocycles. The first kappa shape index (κ1) is 20.2. The van der Waals surface area contributed by atoms with E-state index in [1.807, 2.05) is 76.3 Å². The van der Waals surface area contributed by atoms with Gasteiger partial charge in [0.1, 0.15) is 0 Å². The topological polar surface area (TPSA) is 53.7 Å². The maximum atomic E-state index is 12.8. The van der Waals surface area contributed by atoms with Gasteiger partial charge in [0.25, 0.3) is 5.91 Å². The number of hydrogen-bond acceptors (Lipinski definition) is 4. The summed E-state index contributed by atoms with van der Waals surface area (Å²) in [5, 5.41) is 0. The first-order valence-corrected chi connectivity index (χ1v) is 10.8. The third kappa shape index (κ3) is 4.18. The molecule has 0 radical (unpaired) electrons. The van der Waals surface area contributed by atoms with Crippen LogP contribution in [0.1, 0.15) is 21.6 Å². The lowest BCUT2D eigenvalue weighted by Crippen LogP contribution is -2.47. The summed E-state index contributed by atoms with van der Waals surface area (Å²) in [7, 11) is 2.09. The lowest BCUT2D eigenvalue weighted by molar-refractivity contribution is 0.0664. The van der Waals surface area contributed by atoms with Crippen LogP contribution in [0.3, 0.4) is 0 Å². The summed E-state index contributed by atoms with van der Waals surface area (Å²) in [6.07, 6.45) is 9.65. The monoisotopic (exact) mass is 423 g/mol. The molecule has 6 heteroatoms. The lowest BCUT2D eigenvalue weighted by Gasteiger charge is -2.32. The van der Waals surface area contributed by atoms with Gasteiger partial charge in [-0.3, -0.25) is 14.2 Å². The van der Waals surface area contributed by atoms with Crippen LogP contribution in [0.2, 0.25) is 0 Å². The van der Waals surface area contributed by atoms with Crippen molar-refractivity contribution in [2.24, 2.45) is 0 Å². The second-order valence-electron chi connectivity index (χ2n) is 8.10. The molecule has 0 spiro atoms. The van der Waals surface area contributed by atoms with E-state index < -0.39 is 0 Å². The van der Waals surface area contributed by atoms with Gasteiger partial charge in [0.15, 0.2) is 5.65 Å². The minimum atomic E-state index is 0.0975. The predicted octanol–water partition coefficient (Wildman–Crippen LogP) is 3.95. The van der Waals surface area contributed by atoms with Crippen LogP contribution in [-0.4, -0.2) is 63.3 Å². The largest absolute Gasteiger partial charge is 0.336 e. The number of likely N-dealkylation sites (N-methyl/N-ethyl adjacent to an activating group) is 1. The minimum Gasteiger partial charge on any atom is -0.336 e. The molecule has 2 aromatic carbocycles. The quantitative estimate of drug-likeness (QED) is 0.499. The molecule has 1 fully saturated rings. The van der Waals surface area contributed by atoms with Gasteiger partial charge in [0, 0.05) is 43.5 Å². The Morgan fingerprint density at radius 2 is 1.62 bits per heavy atom. The Morgan fingerprint density at radius 3 is 2.38 bits per heavy atom. The number of rotatable bonds is 4. The fourth-order valence-corrected chi connectivity index (χ4v) is 3.93. The van der Waals surface area contributed by atoms with E-state index in [9.17, 15) is 4.79 Å². The Morgan fingerprint density at radius 1 is 0.875 bits per heavy atom. The average molecular weight is 424 g/mol. The van der Waals surface area contributed by atoms with E-state index in [0.29, 0.717) is 0 Å². The van der Waals surface area contributed by atoms with Crippen LogP contribution in [0.4, 0.5) is 0 Å². The van der Waals surface area contributed by atoms with Crippen molar-refractivity contribution < 1.29 is 4.79 Å².